The molecule has 2 fully saturated rings. The number of fused-ring (bicyclic) bond motifs is 1. The number of hydrogen-bond donors (Lipinski definition) is 2. The van der Waals surface area contributed by atoms with Gasteiger partial charge in [0, 0.05) is 25.2 Å². The first-order chi connectivity index (χ1) is 12.6. The van der Waals surface area contributed by atoms with Crippen LogP contribution in [0.4, 0.5) is 0 Å². The third-order valence-electron chi connectivity index (χ3n) is 6.22. The van der Waals surface area contributed by atoms with Crippen molar-refractivity contribution >= 4 is 5.91 Å². The molecule has 1 aliphatic carbocycles. The first-order valence-electron chi connectivity index (χ1n) is 9.67. The minimum atomic E-state index is -0.803. The number of nitrogens with two attached hydrogens (primary N) is 1. The highest BCUT2D eigenvalue weighted by molar-refractivity contribution is 5.86. The molecule has 0 radical (unpaired) electrons. The van der Waals surface area contributed by atoms with Crippen molar-refractivity contribution in [2.45, 2.75) is 55.9 Å². The fourth-order valence-corrected chi connectivity index (χ4v) is 4.41. The van der Waals surface area contributed by atoms with Crippen molar-refractivity contribution < 1.29 is 19.0 Å². The summed E-state index contributed by atoms with van der Waals surface area (Å²) < 4.78 is 16.4. The summed E-state index contributed by atoms with van der Waals surface area (Å²) in [6, 6.07) is 6.20. The third-order valence-corrected chi connectivity index (χ3v) is 6.22. The van der Waals surface area contributed by atoms with Gasteiger partial charge in [-0.05, 0) is 43.4 Å². The Balaban J connectivity index is 1.52. The van der Waals surface area contributed by atoms with Crippen LogP contribution in [0.25, 0.3) is 0 Å². The van der Waals surface area contributed by atoms with Gasteiger partial charge < -0.3 is 25.3 Å². The molecule has 1 saturated carbocycles. The lowest BCUT2D eigenvalue weighted by atomic mass is 9.69. The zero-order valence-corrected chi connectivity index (χ0v) is 15.2. The molecule has 0 atom stereocenters. The van der Waals surface area contributed by atoms with Gasteiger partial charge in [-0.2, -0.15) is 0 Å². The van der Waals surface area contributed by atoms with Gasteiger partial charge in [0.05, 0.1) is 5.54 Å². The van der Waals surface area contributed by atoms with Gasteiger partial charge >= 0.3 is 0 Å². The smallest absolute Gasteiger partial charge is 0.240 e. The predicted octanol–water partition coefficient (Wildman–Crippen LogP) is 2.24. The fourth-order valence-electron chi connectivity index (χ4n) is 4.41. The van der Waals surface area contributed by atoms with Crippen molar-refractivity contribution in [3.63, 3.8) is 0 Å². The molecular weight excluding hydrogens is 332 g/mol. The number of benzene rings is 1. The highest BCUT2D eigenvalue weighted by atomic mass is 16.7. The molecule has 1 saturated heterocycles. The Bertz CT molecular complexity index is 664. The second-order valence-electron chi connectivity index (χ2n) is 7.86. The number of carbonyl (C=O) groups is 1. The van der Waals surface area contributed by atoms with Crippen LogP contribution in [0.3, 0.4) is 0 Å². The molecule has 26 heavy (non-hydrogen) atoms. The van der Waals surface area contributed by atoms with E-state index in [0.29, 0.717) is 32.6 Å². The van der Waals surface area contributed by atoms with E-state index in [1.54, 1.807) is 0 Å². The van der Waals surface area contributed by atoms with E-state index in [9.17, 15) is 4.79 Å². The van der Waals surface area contributed by atoms with Gasteiger partial charge in [0.2, 0.25) is 12.7 Å². The van der Waals surface area contributed by atoms with Crippen LogP contribution in [-0.2, 0) is 14.9 Å². The van der Waals surface area contributed by atoms with E-state index in [1.807, 2.05) is 6.07 Å². The van der Waals surface area contributed by atoms with E-state index in [-0.39, 0.29) is 18.1 Å². The average Bonchev–Trinajstić information content (AvgIpc) is 3.15. The number of ether oxygens (including phenoxy) is 3. The van der Waals surface area contributed by atoms with Crippen LogP contribution in [-0.4, -0.2) is 38.0 Å². The zero-order chi connectivity index (χ0) is 18.0. The minimum Gasteiger partial charge on any atom is -0.454 e. The molecule has 3 N–H and O–H groups in total. The fraction of sp³-hybridized carbons (Fsp3) is 0.650. The molecule has 0 spiro atoms. The molecule has 2 heterocycles. The second kappa shape index (κ2) is 7.08. The van der Waals surface area contributed by atoms with Crippen LogP contribution in [0.1, 0.15) is 50.5 Å². The van der Waals surface area contributed by atoms with Crippen LogP contribution >= 0.6 is 0 Å². The molecule has 2 aliphatic heterocycles. The van der Waals surface area contributed by atoms with E-state index < -0.39 is 5.54 Å². The van der Waals surface area contributed by atoms with E-state index in [4.69, 9.17) is 19.9 Å². The van der Waals surface area contributed by atoms with Gasteiger partial charge in [-0.1, -0.05) is 25.3 Å². The summed E-state index contributed by atoms with van der Waals surface area (Å²) in [5.74, 6) is 1.55. The summed E-state index contributed by atoms with van der Waals surface area (Å²) in [6.07, 6.45) is 6.88. The molecule has 1 amide bonds. The van der Waals surface area contributed by atoms with Crippen molar-refractivity contribution in [3.8, 4) is 11.5 Å². The lowest BCUT2D eigenvalue weighted by molar-refractivity contribution is -0.130. The Labute approximate surface area is 154 Å². The SMILES string of the molecule is NC1(C(=O)NCC2(c3ccc4c(c3)OCO4)CCCCC2)CCOCC1. The predicted molar refractivity (Wildman–Crippen MR) is 97.3 cm³/mol. The Morgan fingerprint density at radius 3 is 2.54 bits per heavy atom. The average molecular weight is 360 g/mol. The van der Waals surface area contributed by atoms with Crippen LogP contribution < -0.4 is 20.5 Å². The first kappa shape index (κ1) is 17.6. The Morgan fingerprint density at radius 1 is 1.04 bits per heavy atom. The van der Waals surface area contributed by atoms with Crippen molar-refractivity contribution in [1.82, 2.24) is 5.32 Å². The Morgan fingerprint density at radius 2 is 1.77 bits per heavy atom. The van der Waals surface area contributed by atoms with Crippen LogP contribution in [0, 0.1) is 0 Å². The van der Waals surface area contributed by atoms with E-state index in [0.717, 1.165) is 24.3 Å². The molecule has 0 aromatic heterocycles. The topological polar surface area (TPSA) is 82.8 Å². The number of nitrogens with one attached hydrogen (secondary N) is 1. The molecule has 142 valence electrons. The quantitative estimate of drug-likeness (QED) is 0.860. The second-order valence-corrected chi connectivity index (χ2v) is 7.86. The van der Waals surface area contributed by atoms with Gasteiger partial charge in [0.15, 0.2) is 11.5 Å². The van der Waals surface area contributed by atoms with Gasteiger partial charge in [-0.3, -0.25) is 4.79 Å². The lowest BCUT2D eigenvalue weighted by Gasteiger charge is -2.40. The van der Waals surface area contributed by atoms with Crippen LogP contribution in [0.2, 0.25) is 0 Å². The molecule has 4 rings (SSSR count). The van der Waals surface area contributed by atoms with E-state index in [1.165, 1.54) is 24.8 Å². The maximum atomic E-state index is 12.8. The highest BCUT2D eigenvalue weighted by Gasteiger charge is 2.39. The minimum absolute atomic E-state index is 0.0495. The summed E-state index contributed by atoms with van der Waals surface area (Å²) >= 11 is 0. The number of hydrogen-bond acceptors (Lipinski definition) is 5. The Kier molecular flexibility index (Phi) is 4.80. The van der Waals surface area contributed by atoms with Crippen molar-refractivity contribution in [3.05, 3.63) is 23.8 Å². The van der Waals surface area contributed by atoms with Gasteiger partial charge in [0.1, 0.15) is 0 Å². The molecular formula is C20H28N2O4. The number of amides is 1. The normalized spacial score (nSPS) is 23.4. The lowest BCUT2D eigenvalue weighted by Crippen LogP contribution is -2.58. The maximum Gasteiger partial charge on any atom is 0.240 e. The summed E-state index contributed by atoms with van der Waals surface area (Å²) in [5, 5.41) is 3.18. The molecule has 0 bridgehead atoms. The standard InChI is InChI=1S/C20H28N2O4/c21-20(8-10-24-11-9-20)18(23)22-13-19(6-2-1-3-7-19)15-4-5-16-17(12-15)26-14-25-16/h4-5,12H,1-3,6-11,13-14,21H2,(H,22,23). The molecule has 3 aliphatic rings. The van der Waals surface area contributed by atoms with Gasteiger partial charge in [-0.15, -0.1) is 0 Å². The van der Waals surface area contributed by atoms with Crippen molar-refractivity contribution in [2.75, 3.05) is 26.6 Å². The van der Waals surface area contributed by atoms with Gasteiger partial charge in [0.25, 0.3) is 0 Å². The highest BCUT2D eigenvalue weighted by Crippen LogP contribution is 2.43. The number of rotatable bonds is 4. The summed E-state index contributed by atoms with van der Waals surface area (Å²) in [4.78, 5) is 12.8. The molecule has 0 unspecified atom stereocenters. The first-order valence-corrected chi connectivity index (χ1v) is 9.67. The molecule has 6 heteroatoms. The van der Waals surface area contributed by atoms with E-state index in [2.05, 4.69) is 17.4 Å². The van der Waals surface area contributed by atoms with Crippen LogP contribution in [0.5, 0.6) is 11.5 Å². The monoisotopic (exact) mass is 360 g/mol. The zero-order valence-electron chi connectivity index (χ0n) is 15.2. The van der Waals surface area contributed by atoms with Gasteiger partial charge in [-0.25, -0.2) is 0 Å². The Hall–Kier alpha value is -1.79. The molecule has 1 aromatic rings. The largest absolute Gasteiger partial charge is 0.454 e. The summed E-state index contributed by atoms with van der Waals surface area (Å²) in [6.45, 7) is 2.00. The third kappa shape index (κ3) is 3.28. The summed E-state index contributed by atoms with van der Waals surface area (Å²) in [5.41, 5.74) is 6.71. The van der Waals surface area contributed by atoms with Crippen LogP contribution in [0.15, 0.2) is 18.2 Å². The maximum absolute atomic E-state index is 12.8. The molecule has 6 nitrogen and oxygen atoms in total. The van der Waals surface area contributed by atoms with Crippen molar-refractivity contribution in [2.24, 2.45) is 5.73 Å². The molecule has 1 aromatic carbocycles. The number of carbonyl (C=O) groups excluding carboxylic acids is 1. The van der Waals surface area contributed by atoms with E-state index >= 15 is 0 Å². The summed E-state index contributed by atoms with van der Waals surface area (Å²) in [7, 11) is 0. The van der Waals surface area contributed by atoms with Crippen molar-refractivity contribution in [1.29, 1.82) is 0 Å².